The summed E-state index contributed by atoms with van der Waals surface area (Å²) in [7, 11) is 0. The Bertz CT molecular complexity index is 902. The number of aromatic nitrogens is 1. The second-order valence-electron chi connectivity index (χ2n) is 6.50. The number of hydrogen-bond donors (Lipinski definition) is 1. The number of rotatable bonds is 8. The number of carbonyl (C=O) groups is 1. The lowest BCUT2D eigenvalue weighted by Gasteiger charge is -2.01. The lowest BCUT2D eigenvalue weighted by molar-refractivity contribution is 0.104. The zero-order valence-electron chi connectivity index (χ0n) is 14.9. The molecular formula is C21H23BrN2OS. The third-order valence-corrected chi connectivity index (χ3v) is 6.14. The van der Waals surface area contributed by atoms with Crippen LogP contribution in [0.3, 0.4) is 0 Å². The molecule has 1 aromatic carbocycles. The second kappa shape index (κ2) is 8.78. The maximum Gasteiger partial charge on any atom is 0.205 e. The van der Waals surface area contributed by atoms with Crippen LogP contribution in [0.5, 0.6) is 0 Å². The molecule has 0 aliphatic carbocycles. The topological polar surface area (TPSA) is 56.0 Å². The molecule has 0 radical (unpaired) electrons. The highest BCUT2D eigenvalue weighted by Gasteiger charge is 2.19. The van der Waals surface area contributed by atoms with Crippen molar-refractivity contribution in [3.63, 3.8) is 0 Å². The number of benzene rings is 1. The summed E-state index contributed by atoms with van der Waals surface area (Å²) in [5, 5.41) is 0.880. The highest BCUT2D eigenvalue weighted by Crippen LogP contribution is 2.34. The summed E-state index contributed by atoms with van der Waals surface area (Å²) in [5.74, 6) is -0.0425. The fraction of sp³-hybridized carbons (Fsp3) is 0.333. The fourth-order valence-electron chi connectivity index (χ4n) is 2.99. The highest BCUT2D eigenvalue weighted by atomic mass is 79.9. The van der Waals surface area contributed by atoms with Crippen LogP contribution in [0.25, 0.3) is 10.2 Å². The van der Waals surface area contributed by atoms with Crippen LogP contribution in [0.15, 0.2) is 40.9 Å². The van der Waals surface area contributed by atoms with Gasteiger partial charge < -0.3 is 5.73 Å². The average molecular weight is 431 g/mol. The van der Waals surface area contributed by atoms with Crippen molar-refractivity contribution in [1.29, 1.82) is 0 Å². The smallest absolute Gasteiger partial charge is 0.205 e. The maximum absolute atomic E-state index is 12.8. The molecule has 26 heavy (non-hydrogen) atoms. The number of nitrogens with two attached hydrogens (primary N) is 1. The van der Waals surface area contributed by atoms with Gasteiger partial charge in [0.2, 0.25) is 5.78 Å². The Labute approximate surface area is 166 Å². The van der Waals surface area contributed by atoms with Crippen molar-refractivity contribution in [3.05, 3.63) is 57.0 Å². The first-order valence-corrected chi connectivity index (χ1v) is 10.7. The molecule has 2 N–H and O–H groups in total. The Balaban J connectivity index is 1.79. The number of thiophene rings is 1. The fourth-order valence-corrected chi connectivity index (χ4v) is 4.32. The molecule has 0 bridgehead atoms. The molecular weight excluding hydrogens is 408 g/mol. The Morgan fingerprint density at radius 2 is 1.81 bits per heavy atom. The molecule has 0 saturated carbocycles. The van der Waals surface area contributed by atoms with Crippen molar-refractivity contribution in [3.8, 4) is 0 Å². The van der Waals surface area contributed by atoms with E-state index in [0.29, 0.717) is 16.1 Å². The van der Waals surface area contributed by atoms with Crippen molar-refractivity contribution in [2.24, 2.45) is 0 Å². The van der Waals surface area contributed by atoms with Gasteiger partial charge in [-0.15, -0.1) is 11.3 Å². The lowest BCUT2D eigenvalue weighted by atomic mass is 10.1. The van der Waals surface area contributed by atoms with Crippen LogP contribution in [0.2, 0.25) is 0 Å². The molecule has 0 saturated heterocycles. The van der Waals surface area contributed by atoms with Gasteiger partial charge in [0.15, 0.2) is 0 Å². The number of nitrogens with zero attached hydrogens (tertiary/aromatic N) is 1. The Kier molecular flexibility index (Phi) is 6.43. The van der Waals surface area contributed by atoms with Crippen LogP contribution in [-0.2, 0) is 6.42 Å². The number of carbonyl (C=O) groups excluding carboxylic acids is 1. The van der Waals surface area contributed by atoms with Crippen molar-refractivity contribution in [1.82, 2.24) is 4.98 Å². The molecule has 0 amide bonds. The first-order valence-electron chi connectivity index (χ1n) is 9.08. The van der Waals surface area contributed by atoms with Crippen LogP contribution < -0.4 is 5.73 Å². The Morgan fingerprint density at radius 3 is 2.54 bits per heavy atom. The molecule has 0 fully saturated rings. The van der Waals surface area contributed by atoms with Gasteiger partial charge in [0, 0.05) is 21.1 Å². The van der Waals surface area contributed by atoms with E-state index in [2.05, 4.69) is 22.9 Å². The minimum atomic E-state index is -0.0425. The third-order valence-electron chi connectivity index (χ3n) is 4.50. The molecule has 0 aliphatic heterocycles. The van der Waals surface area contributed by atoms with Crippen molar-refractivity contribution in [2.45, 2.75) is 45.4 Å². The number of ketones is 1. The standard InChI is InChI=1S/C21H23BrN2OS/c1-2-3-4-5-6-7-16-12-13-17-18(23)20(26-21(17)24-16)19(25)14-8-10-15(22)11-9-14/h8-13H,2-7,23H2,1H3. The van der Waals surface area contributed by atoms with Gasteiger partial charge in [-0.3, -0.25) is 4.79 Å². The van der Waals surface area contributed by atoms with E-state index >= 15 is 0 Å². The van der Waals surface area contributed by atoms with Gasteiger partial charge in [0.05, 0.1) is 5.69 Å². The van der Waals surface area contributed by atoms with Crippen LogP contribution in [0.1, 0.15) is 60.0 Å². The van der Waals surface area contributed by atoms with E-state index in [1.165, 1.54) is 37.0 Å². The average Bonchev–Trinajstić information content (AvgIpc) is 2.98. The molecule has 0 aliphatic rings. The zero-order valence-corrected chi connectivity index (χ0v) is 17.3. The number of fused-ring (bicyclic) bond motifs is 1. The van der Waals surface area contributed by atoms with Crippen LogP contribution in [0.4, 0.5) is 5.69 Å². The quantitative estimate of drug-likeness (QED) is 0.332. The number of anilines is 1. The number of nitrogen functional groups attached to an aromatic ring is 1. The second-order valence-corrected chi connectivity index (χ2v) is 8.42. The Hall–Kier alpha value is -1.72. The minimum absolute atomic E-state index is 0.0425. The predicted molar refractivity (Wildman–Crippen MR) is 114 cm³/mol. The summed E-state index contributed by atoms with van der Waals surface area (Å²) >= 11 is 4.79. The molecule has 3 aromatic rings. The van der Waals surface area contributed by atoms with E-state index in [1.807, 2.05) is 36.4 Å². The van der Waals surface area contributed by atoms with Gasteiger partial charge in [0.25, 0.3) is 0 Å². The van der Waals surface area contributed by atoms with Crippen LogP contribution >= 0.6 is 27.3 Å². The third kappa shape index (κ3) is 4.33. The first kappa shape index (κ1) is 19.1. The van der Waals surface area contributed by atoms with E-state index < -0.39 is 0 Å². The van der Waals surface area contributed by atoms with Gasteiger partial charge in [-0.25, -0.2) is 4.98 Å². The van der Waals surface area contributed by atoms with Gasteiger partial charge in [-0.05, 0) is 49.2 Å². The number of aryl methyl sites for hydroxylation is 1. The molecule has 0 unspecified atom stereocenters. The minimum Gasteiger partial charge on any atom is -0.397 e. The molecule has 5 heteroatoms. The summed E-state index contributed by atoms with van der Waals surface area (Å²) in [6.45, 7) is 2.23. The molecule has 0 atom stereocenters. The molecule has 2 heterocycles. The van der Waals surface area contributed by atoms with E-state index in [4.69, 9.17) is 10.7 Å². The van der Waals surface area contributed by atoms with E-state index in [-0.39, 0.29) is 5.78 Å². The molecule has 3 rings (SSSR count). The molecule has 3 nitrogen and oxygen atoms in total. The van der Waals surface area contributed by atoms with Crippen molar-refractivity contribution >= 4 is 49.0 Å². The summed E-state index contributed by atoms with van der Waals surface area (Å²) in [4.78, 5) is 19.0. The summed E-state index contributed by atoms with van der Waals surface area (Å²) in [6, 6.07) is 11.4. The van der Waals surface area contributed by atoms with Crippen LogP contribution in [0, 0.1) is 0 Å². The number of halogens is 1. The monoisotopic (exact) mass is 430 g/mol. The maximum atomic E-state index is 12.8. The van der Waals surface area contributed by atoms with Gasteiger partial charge in [0.1, 0.15) is 9.71 Å². The van der Waals surface area contributed by atoms with E-state index in [1.54, 1.807) is 0 Å². The van der Waals surface area contributed by atoms with Crippen molar-refractivity contribution in [2.75, 3.05) is 5.73 Å². The number of unbranched alkanes of at least 4 members (excludes halogenated alkanes) is 4. The normalized spacial score (nSPS) is 11.2. The summed E-state index contributed by atoms with van der Waals surface area (Å²) in [6.07, 6.45) is 7.23. The van der Waals surface area contributed by atoms with Crippen LogP contribution in [-0.4, -0.2) is 10.8 Å². The molecule has 136 valence electrons. The Morgan fingerprint density at radius 1 is 1.08 bits per heavy atom. The van der Waals surface area contributed by atoms with Gasteiger partial charge in [-0.2, -0.15) is 0 Å². The number of pyridine rings is 1. The van der Waals surface area contributed by atoms with E-state index in [9.17, 15) is 4.79 Å². The van der Waals surface area contributed by atoms with Gasteiger partial charge >= 0.3 is 0 Å². The lowest BCUT2D eigenvalue weighted by Crippen LogP contribution is -2.01. The zero-order chi connectivity index (χ0) is 18.5. The molecule has 2 aromatic heterocycles. The summed E-state index contributed by atoms with van der Waals surface area (Å²) < 4.78 is 0.948. The molecule has 0 spiro atoms. The highest BCUT2D eigenvalue weighted by molar-refractivity contribution is 9.10. The first-order chi connectivity index (χ1) is 12.6. The largest absolute Gasteiger partial charge is 0.397 e. The SMILES string of the molecule is CCCCCCCc1ccc2c(N)c(C(=O)c3ccc(Br)cc3)sc2n1. The van der Waals surface area contributed by atoms with E-state index in [0.717, 1.165) is 33.2 Å². The van der Waals surface area contributed by atoms with Crippen molar-refractivity contribution < 1.29 is 4.79 Å². The summed E-state index contributed by atoms with van der Waals surface area (Å²) in [5.41, 5.74) is 8.52. The number of hydrogen-bond acceptors (Lipinski definition) is 4. The van der Waals surface area contributed by atoms with Gasteiger partial charge in [-0.1, -0.05) is 48.5 Å². The predicted octanol–water partition coefficient (Wildman–Crippen LogP) is 6.38.